The number of benzene rings is 1. The summed E-state index contributed by atoms with van der Waals surface area (Å²) in [6.07, 6.45) is -3.51. The van der Waals surface area contributed by atoms with Gasteiger partial charge in [-0.3, -0.25) is 9.69 Å². The zero-order valence-electron chi connectivity index (χ0n) is 13.0. The number of nitrogens with two attached hydrogens (primary N) is 1. The maximum Gasteiger partial charge on any atom is 0.401 e. The second-order valence-corrected chi connectivity index (χ2v) is 6.80. The number of hydrogen-bond acceptors (Lipinski definition) is 5. The summed E-state index contributed by atoms with van der Waals surface area (Å²) in [5.41, 5.74) is 6.46. The van der Waals surface area contributed by atoms with E-state index >= 15 is 0 Å². The Hall–Kier alpha value is -1.87. The highest BCUT2D eigenvalue weighted by molar-refractivity contribution is 7.13. The standard InChI is InChI=1S/C15H17F3N4OS/c1-21(8-15(16,17)18)10-4-5-22(7-10)9-2-3-11-12(6-9)24-20-13(11)14(19)23/h2-3,6,10H,4-5,7-8H2,1H3,(H2,19,23). The van der Waals surface area contributed by atoms with Crippen molar-refractivity contribution in [1.29, 1.82) is 0 Å². The summed E-state index contributed by atoms with van der Waals surface area (Å²) in [4.78, 5) is 14.7. The fourth-order valence-electron chi connectivity index (χ4n) is 3.05. The lowest BCUT2D eigenvalue weighted by Gasteiger charge is -2.26. The van der Waals surface area contributed by atoms with Crippen LogP contribution in [0.3, 0.4) is 0 Å². The first kappa shape index (κ1) is 17.0. The number of rotatable bonds is 4. The first-order valence-corrected chi connectivity index (χ1v) is 8.23. The SMILES string of the molecule is CN(CC(F)(F)F)C1CCN(c2ccc3c(C(N)=O)nsc3c2)C1. The van der Waals surface area contributed by atoms with Gasteiger partial charge in [0.2, 0.25) is 0 Å². The molecule has 2 aromatic rings. The highest BCUT2D eigenvalue weighted by Crippen LogP contribution is 2.30. The third kappa shape index (κ3) is 3.46. The third-order valence-electron chi connectivity index (χ3n) is 4.27. The van der Waals surface area contributed by atoms with Crippen molar-refractivity contribution < 1.29 is 18.0 Å². The average Bonchev–Trinajstić information content (AvgIpc) is 3.11. The predicted molar refractivity (Wildman–Crippen MR) is 87.4 cm³/mol. The number of hydrogen-bond donors (Lipinski definition) is 1. The monoisotopic (exact) mass is 358 g/mol. The van der Waals surface area contributed by atoms with Gasteiger partial charge in [0, 0.05) is 30.2 Å². The van der Waals surface area contributed by atoms with E-state index in [9.17, 15) is 18.0 Å². The molecule has 5 nitrogen and oxygen atoms in total. The molecule has 0 bridgehead atoms. The van der Waals surface area contributed by atoms with Gasteiger partial charge in [-0.2, -0.15) is 17.5 Å². The first-order chi connectivity index (χ1) is 11.2. The molecule has 1 fully saturated rings. The van der Waals surface area contributed by atoms with E-state index in [0.29, 0.717) is 24.9 Å². The van der Waals surface area contributed by atoms with Gasteiger partial charge in [0.25, 0.3) is 5.91 Å². The molecule has 9 heteroatoms. The highest BCUT2D eigenvalue weighted by Gasteiger charge is 2.34. The molecule has 130 valence electrons. The van der Waals surface area contributed by atoms with Crippen molar-refractivity contribution in [3.8, 4) is 0 Å². The molecule has 24 heavy (non-hydrogen) atoms. The van der Waals surface area contributed by atoms with E-state index in [2.05, 4.69) is 9.27 Å². The molecule has 0 saturated carbocycles. The number of alkyl halides is 3. The zero-order valence-corrected chi connectivity index (χ0v) is 13.8. The predicted octanol–water partition coefficient (Wildman–Crippen LogP) is 2.47. The van der Waals surface area contributed by atoms with E-state index in [4.69, 9.17) is 5.73 Å². The van der Waals surface area contributed by atoms with Gasteiger partial charge in [0.15, 0.2) is 0 Å². The largest absolute Gasteiger partial charge is 0.401 e. The number of primary amides is 1. The lowest BCUT2D eigenvalue weighted by Crippen LogP contribution is -2.40. The Morgan fingerprint density at radius 3 is 2.92 bits per heavy atom. The van der Waals surface area contributed by atoms with Gasteiger partial charge in [-0.25, -0.2) is 0 Å². The summed E-state index contributed by atoms with van der Waals surface area (Å²) in [5, 5.41) is 0.709. The quantitative estimate of drug-likeness (QED) is 0.912. The molecule has 2 heterocycles. The summed E-state index contributed by atoms with van der Waals surface area (Å²) in [6.45, 7) is 0.334. The van der Waals surface area contributed by atoms with E-state index < -0.39 is 18.6 Å². The van der Waals surface area contributed by atoms with Crippen LogP contribution in [-0.4, -0.2) is 54.1 Å². The molecule has 0 aliphatic carbocycles. The van der Waals surface area contributed by atoms with Crippen molar-refractivity contribution in [2.24, 2.45) is 5.73 Å². The van der Waals surface area contributed by atoms with Crippen LogP contribution >= 0.6 is 11.5 Å². The number of fused-ring (bicyclic) bond motifs is 1. The number of likely N-dealkylation sites (N-methyl/N-ethyl adjacent to an activating group) is 1. The van der Waals surface area contributed by atoms with Crippen LogP contribution in [0.5, 0.6) is 0 Å². The van der Waals surface area contributed by atoms with Crippen LogP contribution in [0, 0.1) is 0 Å². The van der Waals surface area contributed by atoms with Crippen molar-refractivity contribution in [1.82, 2.24) is 9.27 Å². The van der Waals surface area contributed by atoms with Crippen LogP contribution < -0.4 is 10.6 Å². The molecule has 1 aromatic carbocycles. The second kappa shape index (κ2) is 6.21. The van der Waals surface area contributed by atoms with Crippen molar-refractivity contribution in [3.05, 3.63) is 23.9 Å². The van der Waals surface area contributed by atoms with Crippen LogP contribution in [0.2, 0.25) is 0 Å². The van der Waals surface area contributed by atoms with Gasteiger partial charge < -0.3 is 10.6 Å². The fraction of sp³-hybridized carbons (Fsp3) is 0.467. The normalized spacial score (nSPS) is 18.7. The third-order valence-corrected chi connectivity index (χ3v) is 5.08. The molecule has 2 N–H and O–H groups in total. The first-order valence-electron chi connectivity index (χ1n) is 7.46. The minimum absolute atomic E-state index is 0.134. The molecule has 0 spiro atoms. The Bertz CT molecular complexity index is 761. The van der Waals surface area contributed by atoms with Gasteiger partial charge in [0.05, 0.1) is 11.2 Å². The molecule has 0 radical (unpaired) electrons. The maximum atomic E-state index is 12.5. The lowest BCUT2D eigenvalue weighted by atomic mass is 10.2. The molecule has 1 saturated heterocycles. The van der Waals surface area contributed by atoms with Gasteiger partial charge in [-0.05, 0) is 43.2 Å². The van der Waals surface area contributed by atoms with E-state index in [1.54, 1.807) is 6.07 Å². The van der Waals surface area contributed by atoms with Crippen LogP contribution in [-0.2, 0) is 0 Å². The number of nitrogens with zero attached hydrogens (tertiary/aromatic N) is 3. The number of anilines is 1. The molecule has 1 aromatic heterocycles. The molecule has 1 aliphatic heterocycles. The van der Waals surface area contributed by atoms with Gasteiger partial charge in [-0.15, -0.1) is 0 Å². The smallest absolute Gasteiger partial charge is 0.370 e. The summed E-state index contributed by atoms with van der Waals surface area (Å²) >= 11 is 1.19. The maximum absolute atomic E-state index is 12.5. The van der Waals surface area contributed by atoms with Crippen molar-refractivity contribution in [2.45, 2.75) is 18.6 Å². The summed E-state index contributed by atoms with van der Waals surface area (Å²) in [5.74, 6) is -0.566. The fourth-order valence-corrected chi connectivity index (χ4v) is 3.86. The van der Waals surface area contributed by atoms with Gasteiger partial charge in [-0.1, -0.05) is 0 Å². The number of halogens is 3. The summed E-state index contributed by atoms with van der Waals surface area (Å²) in [6, 6.07) is 5.42. The molecule has 1 unspecified atom stereocenters. The van der Waals surface area contributed by atoms with E-state index in [-0.39, 0.29) is 11.7 Å². The molecular formula is C15H17F3N4OS. The van der Waals surface area contributed by atoms with Crippen LogP contribution in [0.25, 0.3) is 10.1 Å². The molecule has 3 rings (SSSR count). The second-order valence-electron chi connectivity index (χ2n) is 5.99. The van der Waals surface area contributed by atoms with Crippen LogP contribution in [0.1, 0.15) is 16.9 Å². The average molecular weight is 358 g/mol. The zero-order chi connectivity index (χ0) is 17.5. The van der Waals surface area contributed by atoms with Crippen LogP contribution in [0.4, 0.5) is 18.9 Å². The minimum Gasteiger partial charge on any atom is -0.370 e. The number of amides is 1. The summed E-state index contributed by atoms with van der Waals surface area (Å²) < 4.78 is 42.5. The Balaban J connectivity index is 1.74. The van der Waals surface area contributed by atoms with E-state index in [1.807, 2.05) is 12.1 Å². The highest BCUT2D eigenvalue weighted by atomic mass is 32.1. The summed E-state index contributed by atoms with van der Waals surface area (Å²) in [7, 11) is 1.51. The number of carbonyl (C=O) groups excluding carboxylic acids is 1. The molecular weight excluding hydrogens is 341 g/mol. The Kier molecular flexibility index (Phi) is 4.39. The molecule has 1 aliphatic rings. The van der Waals surface area contributed by atoms with Gasteiger partial charge in [0.1, 0.15) is 5.69 Å². The lowest BCUT2D eigenvalue weighted by molar-refractivity contribution is -0.146. The molecule has 1 amide bonds. The van der Waals surface area contributed by atoms with Crippen LogP contribution in [0.15, 0.2) is 18.2 Å². The Morgan fingerprint density at radius 2 is 2.25 bits per heavy atom. The number of aromatic nitrogens is 1. The Morgan fingerprint density at radius 1 is 1.50 bits per heavy atom. The Labute approximate surface area is 141 Å². The van der Waals surface area contributed by atoms with E-state index in [0.717, 1.165) is 10.4 Å². The molecule has 1 atom stereocenters. The van der Waals surface area contributed by atoms with E-state index in [1.165, 1.54) is 23.5 Å². The number of carbonyl (C=O) groups is 1. The topological polar surface area (TPSA) is 62.5 Å². The van der Waals surface area contributed by atoms with Crippen molar-refractivity contribution in [3.63, 3.8) is 0 Å². The van der Waals surface area contributed by atoms with Crippen molar-refractivity contribution >= 4 is 33.2 Å². The van der Waals surface area contributed by atoms with Crippen molar-refractivity contribution in [2.75, 3.05) is 31.6 Å². The minimum atomic E-state index is -4.19. The van der Waals surface area contributed by atoms with Gasteiger partial charge >= 0.3 is 6.18 Å².